The van der Waals surface area contributed by atoms with E-state index in [0.717, 1.165) is 24.1 Å². The van der Waals surface area contributed by atoms with Crippen LogP contribution in [0.15, 0.2) is 11.4 Å². The average Bonchev–Trinajstić information content (AvgIpc) is 2.47. The highest BCUT2D eigenvalue weighted by Gasteiger charge is 2.17. The van der Waals surface area contributed by atoms with Gasteiger partial charge in [0.25, 0.3) is 0 Å². The number of rotatable bonds is 1. The van der Waals surface area contributed by atoms with Crippen LogP contribution < -0.4 is 5.32 Å². The first-order chi connectivity index (χ1) is 6.07. The molecule has 5 nitrogen and oxygen atoms in total. The van der Waals surface area contributed by atoms with Gasteiger partial charge in [0.15, 0.2) is 0 Å². The molecule has 13 heavy (non-hydrogen) atoms. The zero-order chi connectivity index (χ0) is 9.47. The fourth-order valence-corrected chi connectivity index (χ4v) is 1.74. The minimum Gasteiger partial charge on any atom is -0.307 e. The molecule has 0 spiro atoms. The first-order valence-corrected chi connectivity index (χ1v) is 5.72. The second-order valence-corrected chi connectivity index (χ2v) is 4.91. The number of hydrogen-bond donors (Lipinski definition) is 1. The normalized spacial score (nSPS) is 15.8. The molecule has 0 aliphatic carbocycles. The largest absolute Gasteiger partial charge is 0.307 e. The van der Waals surface area contributed by atoms with Gasteiger partial charge in [-0.2, -0.15) is 0 Å². The Hall–Kier alpha value is -1.01. The summed E-state index contributed by atoms with van der Waals surface area (Å²) >= 11 is 0. The summed E-state index contributed by atoms with van der Waals surface area (Å²) in [5.41, 5.74) is 1.77. The number of hydrogen-bond acceptors (Lipinski definition) is 5. The molecule has 1 N–H and O–H groups in total. The van der Waals surface area contributed by atoms with Gasteiger partial charge in [-0.05, 0) is 0 Å². The Balaban J connectivity index is 2.54. The van der Waals surface area contributed by atoms with E-state index in [2.05, 4.69) is 15.3 Å². The maximum atomic E-state index is 11.1. The molecule has 1 aromatic heterocycles. The van der Waals surface area contributed by atoms with Gasteiger partial charge in [-0.15, -0.1) is 0 Å². The van der Waals surface area contributed by atoms with Gasteiger partial charge in [0.2, 0.25) is 15.0 Å². The lowest BCUT2D eigenvalue weighted by Crippen LogP contribution is -2.06. The van der Waals surface area contributed by atoms with Crippen LogP contribution >= 0.6 is 0 Å². The van der Waals surface area contributed by atoms with Crippen molar-refractivity contribution in [2.24, 2.45) is 0 Å². The van der Waals surface area contributed by atoms with E-state index in [1.54, 1.807) is 6.20 Å². The molecule has 0 fully saturated rings. The molecule has 70 valence electrons. The predicted molar refractivity (Wildman–Crippen MR) is 45.7 cm³/mol. The topological polar surface area (TPSA) is 72.0 Å². The Labute approximate surface area is 76.1 Å². The van der Waals surface area contributed by atoms with Crippen LogP contribution in [0, 0.1) is 0 Å². The van der Waals surface area contributed by atoms with Crippen molar-refractivity contribution in [2.45, 2.75) is 18.2 Å². The SMILES string of the molecule is CS(=O)(=O)c1ncc2c(n1)CNC2. The van der Waals surface area contributed by atoms with Crippen molar-refractivity contribution in [2.75, 3.05) is 6.26 Å². The molecule has 0 bridgehead atoms. The number of nitrogens with zero attached hydrogens (tertiary/aromatic N) is 2. The van der Waals surface area contributed by atoms with Gasteiger partial charge in [0.05, 0.1) is 5.69 Å². The molecule has 1 aromatic rings. The van der Waals surface area contributed by atoms with E-state index in [0.29, 0.717) is 6.54 Å². The molecule has 2 rings (SSSR count). The standard InChI is InChI=1S/C7H9N3O2S/c1-13(11,12)7-9-3-5-2-8-4-6(5)10-7/h3,8H,2,4H2,1H3. The molecule has 6 heteroatoms. The van der Waals surface area contributed by atoms with Gasteiger partial charge in [-0.1, -0.05) is 0 Å². The van der Waals surface area contributed by atoms with Crippen LogP contribution in [0.5, 0.6) is 0 Å². The fourth-order valence-electron chi connectivity index (χ4n) is 1.22. The Morgan fingerprint density at radius 1 is 1.46 bits per heavy atom. The third kappa shape index (κ3) is 1.54. The van der Waals surface area contributed by atoms with E-state index in [4.69, 9.17) is 0 Å². The van der Waals surface area contributed by atoms with Crippen molar-refractivity contribution in [3.8, 4) is 0 Å². The average molecular weight is 199 g/mol. The minimum absolute atomic E-state index is 0.0880. The summed E-state index contributed by atoms with van der Waals surface area (Å²) in [6, 6.07) is 0. The molecule has 0 aromatic carbocycles. The van der Waals surface area contributed by atoms with Crippen LogP contribution in [-0.4, -0.2) is 24.6 Å². The summed E-state index contributed by atoms with van der Waals surface area (Å²) in [5.74, 6) is 0. The van der Waals surface area contributed by atoms with Crippen LogP contribution in [0.4, 0.5) is 0 Å². The van der Waals surface area contributed by atoms with E-state index in [9.17, 15) is 8.42 Å². The van der Waals surface area contributed by atoms with E-state index >= 15 is 0 Å². The second kappa shape index (κ2) is 2.74. The van der Waals surface area contributed by atoms with E-state index in [-0.39, 0.29) is 5.16 Å². The molecular weight excluding hydrogens is 190 g/mol. The molecule has 1 aliphatic heterocycles. The first kappa shape index (κ1) is 8.58. The smallest absolute Gasteiger partial charge is 0.247 e. The molecule has 0 saturated carbocycles. The van der Waals surface area contributed by atoms with Crippen molar-refractivity contribution in [1.82, 2.24) is 15.3 Å². The zero-order valence-corrected chi connectivity index (χ0v) is 7.93. The van der Waals surface area contributed by atoms with E-state index in [1.165, 1.54) is 0 Å². The van der Waals surface area contributed by atoms with Gasteiger partial charge in [0.1, 0.15) is 0 Å². The quantitative estimate of drug-likeness (QED) is 0.616. The highest BCUT2D eigenvalue weighted by molar-refractivity contribution is 7.90. The summed E-state index contributed by atoms with van der Waals surface area (Å²) in [6.45, 7) is 1.35. The number of fused-ring (bicyclic) bond motifs is 1. The van der Waals surface area contributed by atoms with Crippen molar-refractivity contribution in [3.05, 3.63) is 17.5 Å². The molecule has 0 amide bonds. The highest BCUT2D eigenvalue weighted by Crippen LogP contribution is 2.13. The summed E-state index contributed by atoms with van der Waals surface area (Å²) in [6.07, 6.45) is 2.68. The monoisotopic (exact) mass is 199 g/mol. The predicted octanol–water partition coefficient (Wildman–Crippen LogP) is -0.517. The molecule has 1 aliphatic rings. The van der Waals surface area contributed by atoms with Crippen LogP contribution in [0.3, 0.4) is 0 Å². The van der Waals surface area contributed by atoms with Crippen molar-refractivity contribution < 1.29 is 8.42 Å². The van der Waals surface area contributed by atoms with E-state index in [1.807, 2.05) is 0 Å². The van der Waals surface area contributed by atoms with Crippen LogP contribution in [0.1, 0.15) is 11.3 Å². The van der Waals surface area contributed by atoms with Crippen molar-refractivity contribution in [1.29, 1.82) is 0 Å². The second-order valence-electron chi connectivity index (χ2n) is 3.00. The zero-order valence-electron chi connectivity index (χ0n) is 7.11. The van der Waals surface area contributed by atoms with Crippen molar-refractivity contribution >= 4 is 9.84 Å². The van der Waals surface area contributed by atoms with Crippen LogP contribution in [0.25, 0.3) is 0 Å². The summed E-state index contributed by atoms with van der Waals surface area (Å²) < 4.78 is 22.2. The van der Waals surface area contributed by atoms with Gasteiger partial charge < -0.3 is 5.32 Å². The molecule has 0 atom stereocenters. The van der Waals surface area contributed by atoms with Crippen molar-refractivity contribution in [3.63, 3.8) is 0 Å². The van der Waals surface area contributed by atoms with Gasteiger partial charge in [-0.25, -0.2) is 18.4 Å². The van der Waals surface area contributed by atoms with Gasteiger partial charge >= 0.3 is 0 Å². The Bertz CT molecular complexity index is 441. The van der Waals surface area contributed by atoms with Gasteiger partial charge in [0, 0.05) is 31.1 Å². The lowest BCUT2D eigenvalue weighted by molar-refractivity contribution is 0.591. The minimum atomic E-state index is -3.27. The molecule has 0 unspecified atom stereocenters. The van der Waals surface area contributed by atoms with Crippen LogP contribution in [-0.2, 0) is 22.9 Å². The highest BCUT2D eigenvalue weighted by atomic mass is 32.2. The molecular formula is C7H9N3O2S. The molecule has 0 saturated heterocycles. The Kier molecular flexibility index (Phi) is 1.81. The number of nitrogens with one attached hydrogen (secondary N) is 1. The number of sulfone groups is 1. The Morgan fingerprint density at radius 2 is 2.23 bits per heavy atom. The third-order valence-electron chi connectivity index (χ3n) is 1.87. The maximum Gasteiger partial charge on any atom is 0.247 e. The lowest BCUT2D eigenvalue weighted by atomic mass is 10.3. The maximum absolute atomic E-state index is 11.1. The summed E-state index contributed by atoms with van der Waals surface area (Å²) in [5, 5.41) is 2.98. The number of aromatic nitrogens is 2. The first-order valence-electron chi connectivity index (χ1n) is 3.83. The summed E-state index contributed by atoms with van der Waals surface area (Å²) in [7, 11) is -3.27. The summed E-state index contributed by atoms with van der Waals surface area (Å²) in [4.78, 5) is 7.75. The molecule has 0 radical (unpaired) electrons. The third-order valence-corrected chi connectivity index (χ3v) is 2.73. The molecule has 2 heterocycles. The lowest BCUT2D eigenvalue weighted by Gasteiger charge is -1.98. The van der Waals surface area contributed by atoms with Crippen LogP contribution in [0.2, 0.25) is 0 Å². The van der Waals surface area contributed by atoms with Gasteiger partial charge in [-0.3, -0.25) is 0 Å². The fraction of sp³-hybridized carbons (Fsp3) is 0.429. The Morgan fingerprint density at radius 3 is 2.92 bits per heavy atom. The van der Waals surface area contributed by atoms with E-state index < -0.39 is 9.84 Å².